The van der Waals surface area contributed by atoms with Crippen LogP contribution < -0.4 is 4.74 Å². The van der Waals surface area contributed by atoms with Crippen LogP contribution in [0.3, 0.4) is 0 Å². The molecule has 0 N–H and O–H groups in total. The molecule has 0 spiro atoms. The lowest BCUT2D eigenvalue weighted by Crippen LogP contribution is -2.45. The molecule has 2 heterocycles. The summed E-state index contributed by atoms with van der Waals surface area (Å²) < 4.78 is 101. The van der Waals surface area contributed by atoms with E-state index < -0.39 is 60.3 Å². The number of nitrogens with zero attached hydrogens (tertiary/aromatic N) is 3. The molecule has 0 unspecified atom stereocenters. The third-order valence-electron chi connectivity index (χ3n) is 5.52. The van der Waals surface area contributed by atoms with E-state index in [1.165, 1.54) is 19.1 Å². The molecular weight excluding hydrogens is 596 g/mol. The van der Waals surface area contributed by atoms with Gasteiger partial charge in [-0.15, -0.1) is 23.4 Å². The second-order valence-electron chi connectivity index (χ2n) is 8.46. The zero-order valence-corrected chi connectivity index (χ0v) is 22.2. The number of hydrogen-bond acceptors (Lipinski definition) is 6. The maximum Gasteiger partial charge on any atom is 0.426 e. The molecule has 0 fully saturated rings. The maximum atomic E-state index is 14.6. The highest BCUT2D eigenvalue weighted by molar-refractivity contribution is 9.10. The summed E-state index contributed by atoms with van der Waals surface area (Å²) in [7, 11) is 0. The fourth-order valence-corrected chi connectivity index (χ4v) is 4.03. The molecule has 2 atom stereocenters. The number of aromatic nitrogens is 3. The van der Waals surface area contributed by atoms with Crippen molar-refractivity contribution in [1.29, 1.82) is 0 Å². The van der Waals surface area contributed by atoms with E-state index in [4.69, 9.17) is 13.9 Å². The van der Waals surface area contributed by atoms with Crippen molar-refractivity contribution in [3.05, 3.63) is 83.2 Å². The summed E-state index contributed by atoms with van der Waals surface area (Å²) in [6, 6.07) is 8.85. The summed E-state index contributed by atoms with van der Waals surface area (Å²) >= 11 is 2.98. The summed E-state index contributed by atoms with van der Waals surface area (Å²) in [6.07, 6.45) is -8.37. The van der Waals surface area contributed by atoms with E-state index >= 15 is 0 Å². The largest absolute Gasteiger partial charge is 0.474 e. The van der Waals surface area contributed by atoms with E-state index in [0.717, 1.165) is 0 Å². The molecular formula is C26H24BrF6N3O3. The van der Waals surface area contributed by atoms with Gasteiger partial charge in [0.05, 0.1) is 6.61 Å². The van der Waals surface area contributed by atoms with Crippen LogP contribution in [0.25, 0.3) is 11.6 Å². The van der Waals surface area contributed by atoms with Crippen molar-refractivity contribution in [1.82, 2.24) is 15.2 Å². The first-order valence-corrected chi connectivity index (χ1v) is 12.4. The molecule has 39 heavy (non-hydrogen) atoms. The third kappa shape index (κ3) is 7.07. The summed E-state index contributed by atoms with van der Waals surface area (Å²) in [5, 5.41) is 7.27. The molecule has 210 valence electrons. The van der Waals surface area contributed by atoms with Gasteiger partial charge in [0.25, 0.3) is 11.8 Å². The zero-order valence-electron chi connectivity index (χ0n) is 20.7. The van der Waals surface area contributed by atoms with Crippen LogP contribution in [0.5, 0.6) is 5.88 Å². The number of allylic oxidation sites excluding steroid dienone is 1. The van der Waals surface area contributed by atoms with Gasteiger partial charge in [-0.25, -0.2) is 4.98 Å². The van der Waals surface area contributed by atoms with Crippen molar-refractivity contribution in [3.63, 3.8) is 0 Å². The molecule has 0 saturated heterocycles. The fraction of sp³-hybridized carbons (Fsp3) is 0.346. The Morgan fingerprint density at radius 1 is 1.05 bits per heavy atom. The van der Waals surface area contributed by atoms with Crippen LogP contribution in [0.15, 0.2) is 70.6 Å². The second-order valence-corrected chi connectivity index (χ2v) is 9.32. The van der Waals surface area contributed by atoms with Crippen molar-refractivity contribution < 1.29 is 40.2 Å². The Morgan fingerprint density at radius 2 is 1.74 bits per heavy atom. The molecule has 1 aromatic carbocycles. The van der Waals surface area contributed by atoms with Crippen LogP contribution in [-0.2, 0) is 23.1 Å². The number of alkyl halides is 6. The van der Waals surface area contributed by atoms with Crippen LogP contribution in [0.1, 0.15) is 43.2 Å². The van der Waals surface area contributed by atoms with E-state index in [9.17, 15) is 26.3 Å². The van der Waals surface area contributed by atoms with Crippen LogP contribution >= 0.6 is 15.9 Å². The van der Waals surface area contributed by atoms with Gasteiger partial charge < -0.3 is 13.9 Å². The van der Waals surface area contributed by atoms with Crippen LogP contribution in [0.2, 0.25) is 0 Å². The van der Waals surface area contributed by atoms with Gasteiger partial charge in [-0.2, -0.15) is 26.3 Å². The molecule has 0 aliphatic heterocycles. The highest BCUT2D eigenvalue weighted by atomic mass is 79.9. The van der Waals surface area contributed by atoms with Crippen molar-refractivity contribution in [2.45, 2.75) is 56.9 Å². The Balaban J connectivity index is 2.10. The Morgan fingerprint density at radius 3 is 2.33 bits per heavy atom. The number of pyridine rings is 1. The first kappa shape index (κ1) is 30.4. The third-order valence-corrected chi connectivity index (χ3v) is 6.12. The standard InChI is InChI=1S/C26H24BrF6N3O3/c1-4-6-13-24(26(31,32)33,37-15-17-11-8-7-9-12-17)23-36-35-22(39-23)20-19(27)14-18(25(28,29)30)21(34-20)38-16(3)10-5-2/h4-5,7-9,11-12,14,16H,1-2,6,10,13,15H2,3H3/t16-,24-/m1/s1. The SMILES string of the molecule is C=CCC[C@@](OCc1ccccc1)(c1nnc(-c2nc(O[C@H](C)CC=C)c(C(F)(F)F)cc2Br)o1)C(F)(F)F. The molecule has 6 nitrogen and oxygen atoms in total. The highest BCUT2D eigenvalue weighted by Crippen LogP contribution is 2.47. The highest BCUT2D eigenvalue weighted by Gasteiger charge is 2.61. The minimum absolute atomic E-state index is 0.118. The monoisotopic (exact) mass is 619 g/mol. The minimum Gasteiger partial charge on any atom is -0.474 e. The Labute approximate surface area is 228 Å². The van der Waals surface area contributed by atoms with Crippen molar-refractivity contribution >= 4 is 15.9 Å². The number of halogens is 7. The average molecular weight is 620 g/mol. The minimum atomic E-state index is -5.01. The average Bonchev–Trinajstić information content (AvgIpc) is 3.35. The summed E-state index contributed by atoms with van der Waals surface area (Å²) in [6.45, 7) is 8.08. The van der Waals surface area contributed by atoms with Gasteiger partial charge >= 0.3 is 12.4 Å². The van der Waals surface area contributed by atoms with Gasteiger partial charge in [0, 0.05) is 10.9 Å². The first-order valence-electron chi connectivity index (χ1n) is 11.6. The molecule has 0 bridgehead atoms. The predicted octanol–water partition coefficient (Wildman–Crippen LogP) is 8.20. The van der Waals surface area contributed by atoms with Gasteiger partial charge in [0.2, 0.25) is 11.5 Å². The first-order chi connectivity index (χ1) is 18.3. The van der Waals surface area contributed by atoms with E-state index in [2.05, 4.69) is 44.3 Å². The van der Waals surface area contributed by atoms with E-state index in [1.54, 1.807) is 30.3 Å². The summed E-state index contributed by atoms with van der Waals surface area (Å²) in [5.74, 6) is -2.30. The van der Waals surface area contributed by atoms with Crippen LogP contribution in [0.4, 0.5) is 26.3 Å². The Kier molecular flexibility index (Phi) is 9.60. The van der Waals surface area contributed by atoms with E-state index in [0.29, 0.717) is 11.6 Å². The van der Waals surface area contributed by atoms with Crippen molar-refractivity contribution in [3.8, 4) is 17.5 Å². The van der Waals surface area contributed by atoms with Crippen molar-refractivity contribution in [2.75, 3.05) is 0 Å². The Bertz CT molecular complexity index is 1280. The van der Waals surface area contributed by atoms with Gasteiger partial charge in [-0.05, 0) is 47.3 Å². The quantitative estimate of drug-likeness (QED) is 0.150. The molecule has 0 aliphatic rings. The Hall–Kier alpha value is -3.19. The zero-order chi connectivity index (χ0) is 28.8. The smallest absolute Gasteiger partial charge is 0.426 e. The number of hydrogen-bond donors (Lipinski definition) is 0. The lowest BCUT2D eigenvalue weighted by molar-refractivity contribution is -0.299. The van der Waals surface area contributed by atoms with Crippen molar-refractivity contribution in [2.24, 2.45) is 0 Å². The van der Waals surface area contributed by atoms with Gasteiger partial charge in [0.1, 0.15) is 17.4 Å². The normalized spacial score (nSPS) is 14.5. The number of rotatable bonds is 12. The van der Waals surface area contributed by atoms with Gasteiger partial charge in [0.15, 0.2) is 0 Å². The van der Waals surface area contributed by atoms with Crippen LogP contribution in [0, 0.1) is 0 Å². The summed E-state index contributed by atoms with van der Waals surface area (Å²) in [5.41, 5.74) is -4.11. The molecule has 13 heteroatoms. The second kappa shape index (κ2) is 12.3. The topological polar surface area (TPSA) is 70.3 Å². The van der Waals surface area contributed by atoms with Crippen LogP contribution in [-0.4, -0.2) is 27.5 Å². The van der Waals surface area contributed by atoms with Gasteiger partial charge in [-0.1, -0.05) is 42.5 Å². The van der Waals surface area contributed by atoms with E-state index in [-0.39, 0.29) is 23.0 Å². The molecule has 0 amide bonds. The molecule has 0 saturated carbocycles. The fourth-order valence-electron chi connectivity index (χ4n) is 3.54. The summed E-state index contributed by atoms with van der Waals surface area (Å²) in [4.78, 5) is 3.89. The lowest BCUT2D eigenvalue weighted by atomic mass is 9.96. The van der Waals surface area contributed by atoms with E-state index in [1.807, 2.05) is 0 Å². The molecule has 2 aromatic heterocycles. The molecule has 3 aromatic rings. The molecule has 3 rings (SSSR count). The number of ether oxygens (including phenoxy) is 2. The maximum absolute atomic E-state index is 14.6. The van der Waals surface area contributed by atoms with Gasteiger partial charge in [-0.3, -0.25) is 0 Å². The lowest BCUT2D eigenvalue weighted by Gasteiger charge is -2.32. The molecule has 0 aliphatic carbocycles. The predicted molar refractivity (Wildman–Crippen MR) is 134 cm³/mol. The molecule has 0 radical (unpaired) electrons. The number of benzene rings is 1.